The molecule has 2 aromatic rings. The number of carbonyl (C=O) groups excluding carboxylic acids is 1. The number of carbonyl (C=O) groups is 1. The summed E-state index contributed by atoms with van der Waals surface area (Å²) in [7, 11) is 0. The summed E-state index contributed by atoms with van der Waals surface area (Å²) in [5.74, 6) is -0.0796. The Morgan fingerprint density at radius 2 is 2.17 bits per heavy atom. The van der Waals surface area contributed by atoms with Gasteiger partial charge in [0.15, 0.2) is 0 Å². The smallest absolute Gasteiger partial charge is 0.251 e. The fourth-order valence-electron chi connectivity index (χ4n) is 3.13. The van der Waals surface area contributed by atoms with Crippen LogP contribution in [-0.2, 0) is 17.6 Å². The van der Waals surface area contributed by atoms with E-state index in [1.54, 1.807) is 0 Å². The summed E-state index contributed by atoms with van der Waals surface area (Å²) in [6.45, 7) is 3.94. The van der Waals surface area contributed by atoms with Crippen LogP contribution in [0.5, 0.6) is 0 Å². The highest BCUT2D eigenvalue weighted by atomic mass is 35.5. The molecule has 0 fully saturated rings. The van der Waals surface area contributed by atoms with Crippen LogP contribution in [0.1, 0.15) is 47.8 Å². The Bertz CT molecular complexity index is 746. The van der Waals surface area contributed by atoms with E-state index in [9.17, 15) is 4.79 Å². The van der Waals surface area contributed by atoms with Gasteiger partial charge in [-0.2, -0.15) is 0 Å². The zero-order valence-electron chi connectivity index (χ0n) is 14.0. The number of amides is 1. The molecule has 5 heteroatoms. The highest BCUT2D eigenvalue weighted by Gasteiger charge is 2.17. The molecule has 1 aliphatic rings. The van der Waals surface area contributed by atoms with Gasteiger partial charge in [0, 0.05) is 36.4 Å². The average Bonchev–Trinajstić information content (AvgIpc) is 2.61. The average molecular weight is 347 g/mol. The van der Waals surface area contributed by atoms with E-state index in [1.165, 1.54) is 12.0 Å². The molecule has 0 spiro atoms. The number of hydrogen-bond donors (Lipinski definition) is 1. The van der Waals surface area contributed by atoms with Gasteiger partial charge >= 0.3 is 0 Å². The molecule has 4 nitrogen and oxygen atoms in total. The normalized spacial score (nSPS) is 13.8. The van der Waals surface area contributed by atoms with Crippen molar-refractivity contribution in [1.29, 1.82) is 0 Å². The third-order valence-electron chi connectivity index (χ3n) is 4.41. The first kappa shape index (κ1) is 17.2. The van der Waals surface area contributed by atoms with E-state index in [1.807, 2.05) is 25.1 Å². The number of hydrogen-bond acceptors (Lipinski definition) is 3. The molecular formula is C19H23ClN2O2. The van der Waals surface area contributed by atoms with Crippen molar-refractivity contribution >= 4 is 28.4 Å². The molecule has 1 aromatic heterocycles. The number of fused-ring (bicyclic) bond motifs is 2. The maximum absolute atomic E-state index is 12.3. The molecule has 0 saturated heterocycles. The first-order chi connectivity index (χ1) is 11.7. The molecule has 1 aliphatic carbocycles. The number of pyridine rings is 1. The standard InChI is InChI=1S/C19H23ClN2O2/c1-2-24-11-5-10-21-19(23)13-8-9-15-17(12-13)22-16-7-4-3-6-14(16)18(15)20/h8-9,12H,2-7,10-11H2,1H3,(H,21,23). The summed E-state index contributed by atoms with van der Waals surface area (Å²) >= 11 is 6.57. The molecule has 0 saturated carbocycles. The van der Waals surface area contributed by atoms with Crippen LogP contribution in [0.2, 0.25) is 5.02 Å². The van der Waals surface area contributed by atoms with E-state index in [4.69, 9.17) is 21.3 Å². The van der Waals surface area contributed by atoms with Crippen LogP contribution < -0.4 is 5.32 Å². The minimum atomic E-state index is -0.0796. The quantitative estimate of drug-likeness (QED) is 0.806. The number of halogens is 1. The van der Waals surface area contributed by atoms with Crippen molar-refractivity contribution in [1.82, 2.24) is 10.3 Å². The molecule has 0 radical (unpaired) electrons. The van der Waals surface area contributed by atoms with Gasteiger partial charge < -0.3 is 10.1 Å². The van der Waals surface area contributed by atoms with Crippen molar-refractivity contribution in [3.63, 3.8) is 0 Å². The minimum absolute atomic E-state index is 0.0796. The van der Waals surface area contributed by atoms with Crippen molar-refractivity contribution in [3.05, 3.63) is 40.0 Å². The van der Waals surface area contributed by atoms with Gasteiger partial charge in [0.1, 0.15) is 0 Å². The van der Waals surface area contributed by atoms with Gasteiger partial charge in [-0.25, -0.2) is 0 Å². The maximum atomic E-state index is 12.3. The van der Waals surface area contributed by atoms with Crippen molar-refractivity contribution in [2.45, 2.75) is 39.0 Å². The number of nitrogens with zero attached hydrogens (tertiary/aromatic N) is 1. The lowest BCUT2D eigenvalue weighted by molar-refractivity contribution is 0.0944. The van der Waals surface area contributed by atoms with Gasteiger partial charge in [-0.15, -0.1) is 0 Å². The zero-order chi connectivity index (χ0) is 16.9. The number of benzene rings is 1. The van der Waals surface area contributed by atoms with Crippen molar-refractivity contribution in [3.8, 4) is 0 Å². The summed E-state index contributed by atoms with van der Waals surface area (Å²) in [4.78, 5) is 17.0. The highest BCUT2D eigenvalue weighted by Crippen LogP contribution is 2.33. The topological polar surface area (TPSA) is 51.2 Å². The molecule has 1 aromatic carbocycles. The Hall–Kier alpha value is -1.65. The summed E-state index contributed by atoms with van der Waals surface area (Å²) in [5, 5.41) is 4.66. The fourth-order valence-corrected chi connectivity index (χ4v) is 3.49. The van der Waals surface area contributed by atoms with Crippen LogP contribution in [0.25, 0.3) is 10.9 Å². The van der Waals surface area contributed by atoms with E-state index in [2.05, 4.69) is 5.32 Å². The molecule has 0 atom stereocenters. The summed E-state index contributed by atoms with van der Waals surface area (Å²) < 4.78 is 5.27. The molecule has 128 valence electrons. The van der Waals surface area contributed by atoms with E-state index in [0.29, 0.717) is 25.3 Å². The lowest BCUT2D eigenvalue weighted by atomic mass is 9.94. The maximum Gasteiger partial charge on any atom is 0.251 e. The molecule has 0 aliphatic heterocycles. The Kier molecular flexibility index (Phi) is 5.69. The summed E-state index contributed by atoms with van der Waals surface area (Å²) in [6, 6.07) is 5.58. The number of rotatable bonds is 6. The van der Waals surface area contributed by atoms with Crippen LogP contribution in [0, 0.1) is 0 Å². The van der Waals surface area contributed by atoms with Crippen LogP contribution in [0.4, 0.5) is 0 Å². The van der Waals surface area contributed by atoms with Crippen molar-refractivity contribution in [2.24, 2.45) is 0 Å². The lowest BCUT2D eigenvalue weighted by Crippen LogP contribution is -2.25. The molecule has 1 heterocycles. The van der Waals surface area contributed by atoms with E-state index in [0.717, 1.165) is 47.3 Å². The Morgan fingerprint density at radius 1 is 1.33 bits per heavy atom. The third-order valence-corrected chi connectivity index (χ3v) is 4.84. The number of nitrogens with one attached hydrogen (secondary N) is 1. The van der Waals surface area contributed by atoms with Gasteiger partial charge in [-0.1, -0.05) is 17.7 Å². The predicted molar refractivity (Wildman–Crippen MR) is 96.8 cm³/mol. The van der Waals surface area contributed by atoms with Crippen molar-refractivity contribution in [2.75, 3.05) is 19.8 Å². The summed E-state index contributed by atoms with van der Waals surface area (Å²) in [5.41, 5.74) is 3.71. The first-order valence-corrected chi connectivity index (χ1v) is 9.05. The Balaban J connectivity index is 1.77. The summed E-state index contributed by atoms with van der Waals surface area (Å²) in [6.07, 6.45) is 5.10. The second-order valence-corrected chi connectivity index (χ2v) is 6.47. The fraction of sp³-hybridized carbons (Fsp3) is 0.474. The molecular weight excluding hydrogens is 324 g/mol. The minimum Gasteiger partial charge on any atom is -0.382 e. The number of ether oxygens (including phenoxy) is 1. The van der Waals surface area contributed by atoms with E-state index >= 15 is 0 Å². The first-order valence-electron chi connectivity index (χ1n) is 8.67. The van der Waals surface area contributed by atoms with Gasteiger partial charge in [-0.3, -0.25) is 9.78 Å². The predicted octanol–water partition coefficient (Wildman–Crippen LogP) is 3.92. The molecule has 3 rings (SSSR count). The van der Waals surface area contributed by atoms with E-state index in [-0.39, 0.29) is 5.91 Å². The molecule has 24 heavy (non-hydrogen) atoms. The van der Waals surface area contributed by atoms with Crippen molar-refractivity contribution < 1.29 is 9.53 Å². The van der Waals surface area contributed by atoms with Crippen LogP contribution >= 0.6 is 11.6 Å². The number of aromatic nitrogens is 1. The molecule has 0 unspecified atom stereocenters. The number of aryl methyl sites for hydroxylation is 1. The van der Waals surface area contributed by atoms with Gasteiger partial charge in [-0.05, 0) is 56.7 Å². The monoisotopic (exact) mass is 346 g/mol. The largest absolute Gasteiger partial charge is 0.382 e. The Labute approximate surface area is 147 Å². The second kappa shape index (κ2) is 7.95. The second-order valence-electron chi connectivity index (χ2n) is 6.10. The van der Waals surface area contributed by atoms with Gasteiger partial charge in [0.05, 0.1) is 10.5 Å². The highest BCUT2D eigenvalue weighted by molar-refractivity contribution is 6.36. The van der Waals surface area contributed by atoms with Gasteiger partial charge in [0.2, 0.25) is 0 Å². The Morgan fingerprint density at radius 3 is 3.00 bits per heavy atom. The van der Waals surface area contributed by atoms with Crippen LogP contribution in [0.3, 0.4) is 0 Å². The van der Waals surface area contributed by atoms with E-state index < -0.39 is 0 Å². The van der Waals surface area contributed by atoms with Gasteiger partial charge in [0.25, 0.3) is 5.91 Å². The van der Waals surface area contributed by atoms with Crippen LogP contribution in [0.15, 0.2) is 18.2 Å². The third kappa shape index (κ3) is 3.70. The van der Waals surface area contributed by atoms with Crippen LogP contribution in [-0.4, -0.2) is 30.6 Å². The lowest BCUT2D eigenvalue weighted by Gasteiger charge is -2.18. The SMILES string of the molecule is CCOCCCNC(=O)c1ccc2c(Cl)c3c(nc2c1)CCCC3. The zero-order valence-corrected chi connectivity index (χ0v) is 14.8. The molecule has 1 amide bonds. The molecule has 1 N–H and O–H groups in total. The molecule has 0 bridgehead atoms.